The number of anilines is 1. The van der Waals surface area contributed by atoms with E-state index in [4.69, 9.17) is 4.74 Å². The highest BCUT2D eigenvalue weighted by Crippen LogP contribution is 2.27. The second kappa shape index (κ2) is 5.49. The monoisotopic (exact) mass is 267 g/mol. The Morgan fingerprint density at radius 1 is 1.20 bits per heavy atom. The SMILES string of the molecule is CO[C@H]1CNCC1Nc1ccc(C#N)c2ccccc12. The highest BCUT2D eigenvalue weighted by Gasteiger charge is 2.26. The van der Waals surface area contributed by atoms with Gasteiger partial charge in [0.2, 0.25) is 0 Å². The van der Waals surface area contributed by atoms with Crippen LogP contribution in [0.15, 0.2) is 36.4 Å². The molecule has 1 aliphatic heterocycles. The zero-order valence-electron chi connectivity index (χ0n) is 11.4. The highest BCUT2D eigenvalue weighted by atomic mass is 16.5. The van der Waals surface area contributed by atoms with Crippen molar-refractivity contribution >= 4 is 16.5 Å². The smallest absolute Gasteiger partial charge is 0.0998 e. The molecule has 1 aliphatic rings. The van der Waals surface area contributed by atoms with Crippen LogP contribution < -0.4 is 10.6 Å². The molecule has 20 heavy (non-hydrogen) atoms. The molecule has 2 aromatic carbocycles. The van der Waals surface area contributed by atoms with Gasteiger partial charge in [0, 0.05) is 36.7 Å². The first-order valence-electron chi connectivity index (χ1n) is 6.75. The maximum atomic E-state index is 9.19. The summed E-state index contributed by atoms with van der Waals surface area (Å²) in [5.41, 5.74) is 1.76. The normalized spacial score (nSPS) is 21.8. The Labute approximate surface area is 118 Å². The molecule has 0 spiro atoms. The zero-order valence-corrected chi connectivity index (χ0v) is 11.4. The highest BCUT2D eigenvalue weighted by molar-refractivity contribution is 5.97. The topological polar surface area (TPSA) is 57.1 Å². The van der Waals surface area contributed by atoms with Gasteiger partial charge in [0.15, 0.2) is 0 Å². The first-order chi connectivity index (χ1) is 9.83. The van der Waals surface area contributed by atoms with E-state index in [1.807, 2.05) is 36.4 Å². The van der Waals surface area contributed by atoms with Crippen molar-refractivity contribution in [3.8, 4) is 6.07 Å². The summed E-state index contributed by atoms with van der Waals surface area (Å²) in [4.78, 5) is 0. The van der Waals surface area contributed by atoms with Crippen LogP contribution in [0.3, 0.4) is 0 Å². The molecule has 1 heterocycles. The minimum absolute atomic E-state index is 0.171. The molecule has 2 N–H and O–H groups in total. The van der Waals surface area contributed by atoms with E-state index in [2.05, 4.69) is 16.7 Å². The number of hydrogen-bond donors (Lipinski definition) is 2. The summed E-state index contributed by atoms with van der Waals surface area (Å²) in [5, 5.41) is 18.1. The number of benzene rings is 2. The van der Waals surface area contributed by atoms with E-state index < -0.39 is 0 Å². The third-order valence-electron chi connectivity index (χ3n) is 3.85. The van der Waals surface area contributed by atoms with Crippen molar-refractivity contribution in [2.45, 2.75) is 12.1 Å². The fourth-order valence-corrected chi connectivity index (χ4v) is 2.77. The molecular weight excluding hydrogens is 250 g/mol. The number of nitrogens with one attached hydrogen (secondary N) is 2. The Balaban J connectivity index is 1.98. The number of nitriles is 1. The zero-order chi connectivity index (χ0) is 13.9. The summed E-state index contributed by atoms with van der Waals surface area (Å²) in [5.74, 6) is 0. The van der Waals surface area contributed by atoms with E-state index in [1.54, 1.807) is 7.11 Å². The molecule has 1 fully saturated rings. The van der Waals surface area contributed by atoms with Crippen LogP contribution in [0.1, 0.15) is 5.56 Å². The summed E-state index contributed by atoms with van der Waals surface area (Å²) in [7, 11) is 1.74. The first kappa shape index (κ1) is 12.9. The van der Waals surface area contributed by atoms with Gasteiger partial charge in [-0.25, -0.2) is 0 Å². The van der Waals surface area contributed by atoms with Gasteiger partial charge in [0.05, 0.1) is 23.8 Å². The molecule has 102 valence electrons. The van der Waals surface area contributed by atoms with Crippen molar-refractivity contribution in [2.24, 2.45) is 0 Å². The van der Waals surface area contributed by atoms with Crippen LogP contribution in [0.5, 0.6) is 0 Å². The number of ether oxygens (including phenoxy) is 1. The maximum Gasteiger partial charge on any atom is 0.0998 e. The first-order valence-corrected chi connectivity index (χ1v) is 6.75. The lowest BCUT2D eigenvalue weighted by atomic mass is 10.0. The standard InChI is InChI=1S/C16H17N3O/c1-20-16-10-18-9-15(16)19-14-7-6-11(8-17)12-4-2-3-5-13(12)14/h2-7,15-16,18-19H,9-10H2,1H3/t15?,16-/m0/s1. The Bertz CT molecular complexity index is 662. The van der Waals surface area contributed by atoms with E-state index in [1.165, 1.54) is 0 Å². The van der Waals surface area contributed by atoms with Gasteiger partial charge in [-0.2, -0.15) is 5.26 Å². The predicted octanol–water partition coefficient (Wildman–Crippen LogP) is 2.11. The van der Waals surface area contributed by atoms with Gasteiger partial charge in [-0.1, -0.05) is 24.3 Å². The molecule has 1 unspecified atom stereocenters. The molecule has 2 atom stereocenters. The van der Waals surface area contributed by atoms with E-state index >= 15 is 0 Å². The Morgan fingerprint density at radius 3 is 2.75 bits per heavy atom. The molecular formula is C16H17N3O. The summed E-state index contributed by atoms with van der Waals surface area (Å²) < 4.78 is 5.48. The minimum atomic E-state index is 0.171. The van der Waals surface area contributed by atoms with Gasteiger partial charge in [-0.05, 0) is 12.1 Å². The average Bonchev–Trinajstić information content (AvgIpc) is 2.95. The van der Waals surface area contributed by atoms with Crippen molar-refractivity contribution in [3.05, 3.63) is 42.0 Å². The van der Waals surface area contributed by atoms with Crippen molar-refractivity contribution in [1.82, 2.24) is 5.32 Å². The number of hydrogen-bond acceptors (Lipinski definition) is 4. The van der Waals surface area contributed by atoms with Gasteiger partial charge in [0.25, 0.3) is 0 Å². The summed E-state index contributed by atoms with van der Waals surface area (Å²) in [6.45, 7) is 1.75. The van der Waals surface area contributed by atoms with Crippen LogP contribution in [0.2, 0.25) is 0 Å². The van der Waals surface area contributed by atoms with Crippen LogP contribution in [0, 0.1) is 11.3 Å². The molecule has 0 radical (unpaired) electrons. The van der Waals surface area contributed by atoms with Crippen LogP contribution >= 0.6 is 0 Å². The number of rotatable bonds is 3. The van der Waals surface area contributed by atoms with Gasteiger partial charge in [-0.3, -0.25) is 0 Å². The Hall–Kier alpha value is -2.09. The lowest BCUT2D eigenvalue weighted by molar-refractivity contribution is 0.112. The largest absolute Gasteiger partial charge is 0.378 e. The van der Waals surface area contributed by atoms with Gasteiger partial charge in [-0.15, -0.1) is 0 Å². The molecule has 0 saturated carbocycles. The second-order valence-corrected chi connectivity index (χ2v) is 5.00. The lowest BCUT2D eigenvalue weighted by Gasteiger charge is -2.21. The fraction of sp³-hybridized carbons (Fsp3) is 0.312. The molecule has 0 bridgehead atoms. The van der Waals surface area contributed by atoms with E-state index in [0.717, 1.165) is 29.5 Å². The van der Waals surface area contributed by atoms with Crippen molar-refractivity contribution in [1.29, 1.82) is 5.26 Å². The van der Waals surface area contributed by atoms with E-state index in [9.17, 15) is 5.26 Å². The van der Waals surface area contributed by atoms with E-state index in [-0.39, 0.29) is 12.1 Å². The van der Waals surface area contributed by atoms with Crippen LogP contribution in [0.25, 0.3) is 10.8 Å². The molecule has 0 aromatic heterocycles. The quantitative estimate of drug-likeness (QED) is 0.894. The number of methoxy groups -OCH3 is 1. The molecule has 0 aliphatic carbocycles. The summed E-state index contributed by atoms with van der Waals surface area (Å²) in [6, 6.07) is 14.3. The average molecular weight is 267 g/mol. The number of nitrogens with zero attached hydrogens (tertiary/aromatic N) is 1. The molecule has 4 heteroatoms. The fourth-order valence-electron chi connectivity index (χ4n) is 2.77. The van der Waals surface area contributed by atoms with Gasteiger partial charge < -0.3 is 15.4 Å². The third-order valence-corrected chi connectivity index (χ3v) is 3.85. The second-order valence-electron chi connectivity index (χ2n) is 5.00. The summed E-state index contributed by atoms with van der Waals surface area (Å²) in [6.07, 6.45) is 0.171. The maximum absolute atomic E-state index is 9.19. The molecule has 2 aromatic rings. The van der Waals surface area contributed by atoms with Crippen molar-refractivity contribution in [2.75, 3.05) is 25.5 Å². The molecule has 0 amide bonds. The van der Waals surface area contributed by atoms with Crippen molar-refractivity contribution < 1.29 is 4.74 Å². The van der Waals surface area contributed by atoms with Crippen molar-refractivity contribution in [3.63, 3.8) is 0 Å². The van der Waals surface area contributed by atoms with Gasteiger partial charge >= 0.3 is 0 Å². The lowest BCUT2D eigenvalue weighted by Crippen LogP contribution is -2.33. The predicted molar refractivity (Wildman–Crippen MR) is 79.7 cm³/mol. The van der Waals surface area contributed by atoms with Crippen LogP contribution in [-0.4, -0.2) is 32.3 Å². The van der Waals surface area contributed by atoms with E-state index in [0.29, 0.717) is 5.56 Å². The van der Waals surface area contributed by atoms with Crippen LogP contribution in [0.4, 0.5) is 5.69 Å². The molecule has 1 saturated heterocycles. The molecule has 4 nitrogen and oxygen atoms in total. The summed E-state index contributed by atoms with van der Waals surface area (Å²) >= 11 is 0. The van der Waals surface area contributed by atoms with Crippen LogP contribution in [-0.2, 0) is 4.74 Å². The third kappa shape index (κ3) is 2.22. The Kier molecular flexibility index (Phi) is 3.55. The number of fused-ring (bicyclic) bond motifs is 1. The Morgan fingerprint density at radius 2 is 2.00 bits per heavy atom. The van der Waals surface area contributed by atoms with Gasteiger partial charge in [0.1, 0.15) is 0 Å². The molecule has 3 rings (SSSR count). The minimum Gasteiger partial charge on any atom is -0.378 e.